The highest BCUT2D eigenvalue weighted by molar-refractivity contribution is 8.00. The number of carbonyl (C=O) groups excluding carboxylic acids is 1. The van der Waals surface area contributed by atoms with E-state index in [0.29, 0.717) is 0 Å². The van der Waals surface area contributed by atoms with E-state index in [9.17, 15) is 4.79 Å². The number of benzene rings is 1. The number of nitrogens with one attached hydrogen (secondary N) is 1. The molecule has 1 rings (SSSR count). The molecule has 1 atom stereocenters. The Labute approximate surface area is 120 Å². The zero-order valence-electron chi connectivity index (χ0n) is 12.1. The number of amides is 1. The van der Waals surface area contributed by atoms with Gasteiger partial charge in [0.25, 0.3) is 0 Å². The number of hydrogen-bond donors (Lipinski definition) is 1. The standard InChI is InChI=1S/C16H23NOS/c1-13(15(18)17-16(2,3)4)19-12-8-11-14-9-6-5-7-10-14/h5-11,13H,12H2,1-4H3,(H,17,18). The lowest BCUT2D eigenvalue weighted by molar-refractivity contribution is -0.121. The molecule has 0 aliphatic carbocycles. The summed E-state index contributed by atoms with van der Waals surface area (Å²) in [5.41, 5.74) is 1.03. The van der Waals surface area contributed by atoms with Crippen molar-refractivity contribution in [3.63, 3.8) is 0 Å². The van der Waals surface area contributed by atoms with Crippen molar-refractivity contribution in [3.05, 3.63) is 42.0 Å². The van der Waals surface area contributed by atoms with Gasteiger partial charge in [-0.05, 0) is 33.3 Å². The molecular formula is C16H23NOS. The first-order valence-electron chi connectivity index (χ1n) is 6.54. The van der Waals surface area contributed by atoms with E-state index in [4.69, 9.17) is 0 Å². The Balaban J connectivity index is 2.33. The first-order valence-corrected chi connectivity index (χ1v) is 7.58. The van der Waals surface area contributed by atoms with Gasteiger partial charge in [0, 0.05) is 11.3 Å². The van der Waals surface area contributed by atoms with E-state index < -0.39 is 0 Å². The van der Waals surface area contributed by atoms with Gasteiger partial charge in [-0.25, -0.2) is 0 Å². The fourth-order valence-corrected chi connectivity index (χ4v) is 2.20. The van der Waals surface area contributed by atoms with Crippen LogP contribution in [0.4, 0.5) is 0 Å². The predicted octanol–water partition coefficient (Wildman–Crippen LogP) is 3.74. The topological polar surface area (TPSA) is 29.1 Å². The maximum atomic E-state index is 11.9. The molecule has 1 aromatic carbocycles. The normalized spacial score (nSPS) is 13.5. The van der Waals surface area contributed by atoms with Gasteiger partial charge in [0.15, 0.2) is 0 Å². The van der Waals surface area contributed by atoms with Gasteiger partial charge in [-0.1, -0.05) is 42.5 Å². The minimum absolute atomic E-state index is 0.0281. The largest absolute Gasteiger partial charge is 0.351 e. The first kappa shape index (κ1) is 15.8. The van der Waals surface area contributed by atoms with E-state index in [1.807, 2.05) is 45.9 Å². The van der Waals surface area contributed by atoms with Gasteiger partial charge in [0.1, 0.15) is 0 Å². The summed E-state index contributed by atoms with van der Waals surface area (Å²) < 4.78 is 0. The van der Waals surface area contributed by atoms with Crippen LogP contribution in [0.25, 0.3) is 6.08 Å². The van der Waals surface area contributed by atoms with Crippen LogP contribution < -0.4 is 5.32 Å². The van der Waals surface area contributed by atoms with Crippen LogP contribution in [0.15, 0.2) is 36.4 Å². The molecule has 1 aromatic rings. The molecule has 104 valence electrons. The van der Waals surface area contributed by atoms with Crippen LogP contribution in [-0.4, -0.2) is 22.4 Å². The average molecular weight is 277 g/mol. The van der Waals surface area contributed by atoms with E-state index >= 15 is 0 Å². The van der Waals surface area contributed by atoms with Crippen LogP contribution in [-0.2, 0) is 4.79 Å². The molecule has 0 bridgehead atoms. The molecule has 0 aliphatic rings. The van der Waals surface area contributed by atoms with Crippen molar-refractivity contribution in [3.8, 4) is 0 Å². The molecule has 0 fully saturated rings. The van der Waals surface area contributed by atoms with Crippen molar-refractivity contribution in [1.82, 2.24) is 5.32 Å². The summed E-state index contributed by atoms with van der Waals surface area (Å²) in [4.78, 5) is 11.9. The fraction of sp³-hybridized carbons (Fsp3) is 0.438. The fourth-order valence-electron chi connectivity index (χ4n) is 1.50. The molecule has 0 aromatic heterocycles. The molecule has 0 heterocycles. The highest BCUT2D eigenvalue weighted by Crippen LogP contribution is 2.13. The molecule has 0 saturated heterocycles. The molecule has 0 saturated carbocycles. The highest BCUT2D eigenvalue weighted by atomic mass is 32.2. The summed E-state index contributed by atoms with van der Waals surface area (Å²) in [5.74, 6) is 0.943. The molecule has 0 radical (unpaired) electrons. The summed E-state index contributed by atoms with van der Waals surface area (Å²) in [6.45, 7) is 7.94. The Hall–Kier alpha value is -1.22. The summed E-state index contributed by atoms with van der Waals surface area (Å²) in [5, 5.41) is 2.97. The Morgan fingerprint density at radius 3 is 2.53 bits per heavy atom. The number of thioether (sulfide) groups is 1. The van der Waals surface area contributed by atoms with Crippen LogP contribution in [0.5, 0.6) is 0 Å². The molecular weight excluding hydrogens is 254 g/mol. The Bertz CT molecular complexity index is 420. The van der Waals surface area contributed by atoms with Crippen molar-refractivity contribution in [1.29, 1.82) is 0 Å². The Morgan fingerprint density at radius 2 is 1.95 bits per heavy atom. The minimum atomic E-state index is -0.161. The van der Waals surface area contributed by atoms with Crippen molar-refractivity contribution in [2.24, 2.45) is 0 Å². The molecule has 3 heteroatoms. The van der Waals surface area contributed by atoms with Gasteiger partial charge >= 0.3 is 0 Å². The molecule has 19 heavy (non-hydrogen) atoms. The maximum Gasteiger partial charge on any atom is 0.233 e. The number of rotatable bonds is 5. The van der Waals surface area contributed by atoms with Crippen LogP contribution in [0.1, 0.15) is 33.3 Å². The van der Waals surface area contributed by atoms with Crippen LogP contribution >= 0.6 is 11.8 Å². The lowest BCUT2D eigenvalue weighted by atomic mass is 10.1. The molecule has 1 N–H and O–H groups in total. The summed E-state index contributed by atoms with van der Waals surface area (Å²) in [7, 11) is 0. The summed E-state index contributed by atoms with van der Waals surface area (Å²) >= 11 is 1.65. The van der Waals surface area contributed by atoms with E-state index in [0.717, 1.165) is 5.75 Å². The number of carbonyl (C=O) groups is 1. The van der Waals surface area contributed by atoms with Gasteiger partial charge in [-0.2, -0.15) is 0 Å². The lowest BCUT2D eigenvalue weighted by Crippen LogP contribution is -2.44. The second-order valence-electron chi connectivity index (χ2n) is 5.53. The highest BCUT2D eigenvalue weighted by Gasteiger charge is 2.18. The molecule has 1 unspecified atom stereocenters. The Kier molecular flexibility index (Phi) is 6.16. The second-order valence-corrected chi connectivity index (χ2v) is 6.90. The van der Waals surface area contributed by atoms with Gasteiger partial charge in [-0.15, -0.1) is 11.8 Å². The summed E-state index contributed by atoms with van der Waals surface area (Å²) in [6.07, 6.45) is 4.18. The van der Waals surface area contributed by atoms with Crippen molar-refractivity contribution >= 4 is 23.7 Å². The van der Waals surface area contributed by atoms with Gasteiger partial charge in [0.2, 0.25) is 5.91 Å². The van der Waals surface area contributed by atoms with Crippen LogP contribution in [0.3, 0.4) is 0 Å². The third-order valence-corrected chi connectivity index (χ3v) is 3.52. The van der Waals surface area contributed by atoms with Gasteiger partial charge in [0.05, 0.1) is 5.25 Å². The second kappa shape index (κ2) is 7.39. The first-order chi connectivity index (χ1) is 8.88. The maximum absolute atomic E-state index is 11.9. The molecule has 0 aliphatic heterocycles. The lowest BCUT2D eigenvalue weighted by Gasteiger charge is -2.22. The van der Waals surface area contributed by atoms with Crippen LogP contribution in [0.2, 0.25) is 0 Å². The minimum Gasteiger partial charge on any atom is -0.351 e. The van der Waals surface area contributed by atoms with E-state index in [1.54, 1.807) is 11.8 Å². The molecule has 0 spiro atoms. The van der Waals surface area contributed by atoms with E-state index in [-0.39, 0.29) is 16.7 Å². The van der Waals surface area contributed by atoms with Crippen LogP contribution in [0, 0.1) is 0 Å². The van der Waals surface area contributed by atoms with E-state index in [2.05, 4.69) is 29.6 Å². The average Bonchev–Trinajstić information content (AvgIpc) is 2.33. The monoisotopic (exact) mass is 277 g/mol. The quantitative estimate of drug-likeness (QED) is 0.888. The SMILES string of the molecule is CC(SCC=Cc1ccccc1)C(=O)NC(C)(C)C. The predicted molar refractivity (Wildman–Crippen MR) is 85.3 cm³/mol. The smallest absolute Gasteiger partial charge is 0.233 e. The number of hydrogen-bond acceptors (Lipinski definition) is 2. The van der Waals surface area contributed by atoms with E-state index in [1.165, 1.54) is 5.56 Å². The van der Waals surface area contributed by atoms with Gasteiger partial charge < -0.3 is 5.32 Å². The zero-order valence-corrected chi connectivity index (χ0v) is 13.0. The summed E-state index contributed by atoms with van der Waals surface area (Å²) in [6, 6.07) is 10.2. The molecule has 1 amide bonds. The molecule has 2 nitrogen and oxygen atoms in total. The Morgan fingerprint density at radius 1 is 1.32 bits per heavy atom. The van der Waals surface area contributed by atoms with Crippen molar-refractivity contribution in [2.75, 3.05) is 5.75 Å². The van der Waals surface area contributed by atoms with Crippen molar-refractivity contribution < 1.29 is 4.79 Å². The van der Waals surface area contributed by atoms with Crippen molar-refractivity contribution in [2.45, 2.75) is 38.5 Å². The third kappa shape index (κ3) is 7.06. The zero-order chi connectivity index (χ0) is 14.3. The third-order valence-electron chi connectivity index (χ3n) is 2.42. The van der Waals surface area contributed by atoms with Gasteiger partial charge in [-0.3, -0.25) is 4.79 Å².